The Bertz CT molecular complexity index is 764. The van der Waals surface area contributed by atoms with E-state index in [1.54, 1.807) is 20.8 Å². The van der Waals surface area contributed by atoms with Crippen LogP contribution in [0.15, 0.2) is 18.2 Å². The number of alkyl carbamates (subject to hydrolysis) is 1. The van der Waals surface area contributed by atoms with Gasteiger partial charge in [0.1, 0.15) is 11.6 Å². The van der Waals surface area contributed by atoms with E-state index < -0.39 is 23.7 Å². The average Bonchev–Trinajstić information content (AvgIpc) is 2.76. The fraction of sp³-hybridized carbons (Fsp3) is 0.692. The molecule has 2 fully saturated rings. The molecule has 0 spiro atoms. The van der Waals surface area contributed by atoms with Gasteiger partial charge in [0.25, 0.3) is 0 Å². The fourth-order valence-corrected chi connectivity index (χ4v) is 4.45. The highest BCUT2D eigenvalue weighted by molar-refractivity contribution is 5.80. The van der Waals surface area contributed by atoms with Crippen LogP contribution in [0.4, 0.5) is 4.79 Å². The zero-order chi connectivity index (χ0) is 25.1. The van der Waals surface area contributed by atoms with Gasteiger partial charge in [-0.1, -0.05) is 44.6 Å². The summed E-state index contributed by atoms with van der Waals surface area (Å²) in [5.74, 6) is -1.88. The lowest BCUT2D eigenvalue weighted by molar-refractivity contribution is -0.139. The third-order valence-corrected chi connectivity index (χ3v) is 6.15. The first-order chi connectivity index (χ1) is 16.0. The second-order valence-corrected chi connectivity index (χ2v) is 10.4. The van der Waals surface area contributed by atoms with E-state index in [1.165, 1.54) is 82.4 Å². The van der Waals surface area contributed by atoms with E-state index in [0.717, 1.165) is 12.1 Å². The summed E-state index contributed by atoms with van der Waals surface area (Å²) in [5.41, 5.74) is -0.280. The van der Waals surface area contributed by atoms with Gasteiger partial charge in [0, 0.05) is 18.5 Å². The Morgan fingerprint density at radius 2 is 1.47 bits per heavy atom. The normalized spacial score (nSPS) is 18.3. The lowest BCUT2D eigenvalue weighted by Crippen LogP contribution is -2.44. The molecule has 3 rings (SSSR count). The first-order valence-electron chi connectivity index (χ1n) is 12.5. The zero-order valence-corrected chi connectivity index (χ0v) is 20.8. The van der Waals surface area contributed by atoms with E-state index in [-0.39, 0.29) is 17.9 Å². The lowest BCUT2D eigenvalue weighted by Gasteiger charge is -2.30. The number of aromatic hydroxyl groups is 2. The van der Waals surface area contributed by atoms with E-state index in [0.29, 0.717) is 5.56 Å². The van der Waals surface area contributed by atoms with Gasteiger partial charge < -0.3 is 30.7 Å². The average molecular weight is 479 g/mol. The summed E-state index contributed by atoms with van der Waals surface area (Å²) < 4.78 is 5.00. The van der Waals surface area contributed by atoms with Crippen molar-refractivity contribution in [3.8, 4) is 11.5 Å². The van der Waals surface area contributed by atoms with Crippen molar-refractivity contribution >= 4 is 12.1 Å². The van der Waals surface area contributed by atoms with Crippen LogP contribution in [0.1, 0.15) is 90.5 Å². The quantitative estimate of drug-likeness (QED) is 0.369. The van der Waals surface area contributed by atoms with Crippen LogP contribution in [0.25, 0.3) is 0 Å². The number of ether oxygens (including phenoxy) is 1. The van der Waals surface area contributed by atoms with Crippen molar-refractivity contribution in [2.75, 3.05) is 0 Å². The van der Waals surface area contributed by atoms with Gasteiger partial charge in [-0.3, -0.25) is 0 Å². The molecule has 2 saturated carbocycles. The van der Waals surface area contributed by atoms with Gasteiger partial charge in [-0.15, -0.1) is 0 Å². The van der Waals surface area contributed by atoms with Crippen molar-refractivity contribution in [3.05, 3.63) is 23.8 Å². The molecule has 8 heteroatoms. The van der Waals surface area contributed by atoms with Gasteiger partial charge in [-0.2, -0.15) is 0 Å². The van der Waals surface area contributed by atoms with Gasteiger partial charge in [0.05, 0.1) is 0 Å². The van der Waals surface area contributed by atoms with Crippen molar-refractivity contribution in [2.24, 2.45) is 0 Å². The molecular formula is C26H42N2O6. The standard InChI is InChI=1S/C14H19NO6.C12H23N/c1-14(2,3)21-13(20)15-9(12(18)19)6-8-4-5-10(16)11(17)7-8;1-3-7-11(8-4-1)13-12-9-5-2-6-10-12/h4-5,7,9,16-17H,6H2,1-3H3,(H,15,20)(H,18,19);11-13H,1-10H2/t9-;/m0./s1. The molecule has 2 aliphatic rings. The predicted molar refractivity (Wildman–Crippen MR) is 131 cm³/mol. The highest BCUT2D eigenvalue weighted by Crippen LogP contribution is 2.25. The van der Waals surface area contributed by atoms with Crippen LogP contribution in [0.5, 0.6) is 11.5 Å². The number of phenolic OH excluding ortho intramolecular Hbond substituents is 2. The van der Waals surface area contributed by atoms with Gasteiger partial charge in [0.15, 0.2) is 11.5 Å². The maximum absolute atomic E-state index is 11.6. The number of benzene rings is 1. The third kappa shape index (κ3) is 10.6. The molecule has 1 atom stereocenters. The highest BCUT2D eigenvalue weighted by Gasteiger charge is 2.24. The number of nitrogens with one attached hydrogen (secondary N) is 2. The van der Waals surface area contributed by atoms with Crippen LogP contribution < -0.4 is 10.6 Å². The monoisotopic (exact) mass is 478 g/mol. The molecule has 1 aromatic carbocycles. The highest BCUT2D eigenvalue weighted by atomic mass is 16.6. The Morgan fingerprint density at radius 1 is 0.941 bits per heavy atom. The first kappa shape index (κ1) is 27.8. The molecule has 0 unspecified atom stereocenters. The summed E-state index contributed by atoms with van der Waals surface area (Å²) in [4.78, 5) is 22.8. The molecule has 8 nitrogen and oxygen atoms in total. The van der Waals surface area contributed by atoms with Gasteiger partial charge in [-0.25, -0.2) is 9.59 Å². The molecule has 5 N–H and O–H groups in total. The Morgan fingerprint density at radius 3 is 1.91 bits per heavy atom. The van der Waals surface area contributed by atoms with Crippen molar-refractivity contribution in [1.82, 2.24) is 10.6 Å². The van der Waals surface area contributed by atoms with E-state index >= 15 is 0 Å². The summed E-state index contributed by atoms with van der Waals surface area (Å²) >= 11 is 0. The van der Waals surface area contributed by atoms with Crippen LogP contribution in [0.3, 0.4) is 0 Å². The number of hydrogen-bond acceptors (Lipinski definition) is 6. The van der Waals surface area contributed by atoms with Crippen molar-refractivity contribution in [1.29, 1.82) is 0 Å². The number of amides is 1. The van der Waals surface area contributed by atoms with Crippen molar-refractivity contribution in [3.63, 3.8) is 0 Å². The molecule has 1 aromatic rings. The summed E-state index contributed by atoms with van der Waals surface area (Å²) in [6.45, 7) is 5.00. The van der Waals surface area contributed by atoms with Crippen LogP contribution in [-0.2, 0) is 16.0 Å². The number of carboxylic acid groups (broad SMARTS) is 1. The number of aliphatic carboxylic acids is 1. The van der Waals surface area contributed by atoms with Gasteiger partial charge in [0.2, 0.25) is 0 Å². The van der Waals surface area contributed by atoms with Crippen molar-refractivity contribution < 1.29 is 29.6 Å². The molecule has 1 amide bonds. The summed E-state index contributed by atoms with van der Waals surface area (Å²) in [7, 11) is 0. The van der Waals surface area contributed by atoms with Crippen LogP contribution in [-0.4, -0.2) is 51.1 Å². The molecular weight excluding hydrogens is 436 g/mol. The maximum atomic E-state index is 11.6. The number of rotatable bonds is 6. The molecule has 0 radical (unpaired) electrons. The fourth-order valence-electron chi connectivity index (χ4n) is 4.45. The molecule has 34 heavy (non-hydrogen) atoms. The predicted octanol–water partition coefficient (Wildman–Crippen LogP) is 4.86. The molecule has 0 bridgehead atoms. The zero-order valence-electron chi connectivity index (χ0n) is 20.8. The van der Waals surface area contributed by atoms with Crippen LogP contribution in [0, 0.1) is 0 Å². The second-order valence-electron chi connectivity index (χ2n) is 10.4. The van der Waals surface area contributed by atoms with E-state index in [2.05, 4.69) is 10.6 Å². The molecule has 0 aliphatic heterocycles. The Balaban J connectivity index is 0.000000266. The summed E-state index contributed by atoms with van der Waals surface area (Å²) in [6.07, 6.45) is 13.7. The lowest BCUT2D eigenvalue weighted by atomic mass is 9.91. The van der Waals surface area contributed by atoms with Crippen molar-refractivity contribution in [2.45, 2.75) is 115 Å². The molecule has 192 valence electrons. The van der Waals surface area contributed by atoms with E-state index in [9.17, 15) is 19.8 Å². The molecule has 0 heterocycles. The minimum Gasteiger partial charge on any atom is -0.504 e. The van der Waals surface area contributed by atoms with Gasteiger partial charge in [-0.05, 0) is 64.2 Å². The molecule has 0 saturated heterocycles. The van der Waals surface area contributed by atoms with E-state index in [1.807, 2.05) is 0 Å². The smallest absolute Gasteiger partial charge is 0.408 e. The second kappa shape index (κ2) is 13.4. The topological polar surface area (TPSA) is 128 Å². The number of phenols is 2. The Kier molecular flexibility index (Phi) is 11.0. The molecule has 0 aromatic heterocycles. The number of carbonyl (C=O) groups excluding carboxylic acids is 1. The maximum Gasteiger partial charge on any atom is 0.408 e. The SMILES string of the molecule is C1CCC(NC2CCCCC2)CC1.CC(C)(C)OC(=O)N[C@@H](Cc1ccc(O)c(O)c1)C(=O)O. The Labute approximate surface area is 203 Å². The summed E-state index contributed by atoms with van der Waals surface area (Å²) in [5, 5.41) is 33.8. The largest absolute Gasteiger partial charge is 0.504 e. The Hall–Kier alpha value is -2.48. The molecule has 2 aliphatic carbocycles. The van der Waals surface area contributed by atoms with E-state index in [4.69, 9.17) is 9.84 Å². The van der Waals surface area contributed by atoms with Crippen LogP contribution >= 0.6 is 0 Å². The minimum atomic E-state index is -1.23. The number of hydrogen-bond donors (Lipinski definition) is 5. The third-order valence-electron chi connectivity index (χ3n) is 6.15. The number of carbonyl (C=O) groups is 2. The van der Waals surface area contributed by atoms with Gasteiger partial charge >= 0.3 is 12.1 Å². The van der Waals surface area contributed by atoms with Crippen LogP contribution in [0.2, 0.25) is 0 Å². The number of carboxylic acids is 1. The summed E-state index contributed by atoms with van der Waals surface area (Å²) in [6, 6.07) is 4.48. The first-order valence-corrected chi connectivity index (χ1v) is 12.5. The minimum absolute atomic E-state index is 0.0532.